The molecule has 0 aliphatic heterocycles. The summed E-state index contributed by atoms with van der Waals surface area (Å²) in [4.78, 5) is 11.3. The summed E-state index contributed by atoms with van der Waals surface area (Å²) in [6.45, 7) is 1.80. The summed E-state index contributed by atoms with van der Waals surface area (Å²) in [6.07, 6.45) is 6.95. The van der Waals surface area contributed by atoms with Crippen molar-refractivity contribution in [2.75, 3.05) is 6.61 Å². The molecule has 1 rings (SSSR count). The predicted molar refractivity (Wildman–Crippen MR) is 51.2 cm³/mol. The summed E-state index contributed by atoms with van der Waals surface area (Å²) in [5.41, 5.74) is 0. The van der Waals surface area contributed by atoms with E-state index in [0.29, 0.717) is 12.3 Å². The Labute approximate surface area is 78.8 Å². The van der Waals surface area contributed by atoms with Gasteiger partial charge in [-0.1, -0.05) is 12.2 Å². The van der Waals surface area contributed by atoms with Crippen LogP contribution in [0.2, 0.25) is 0 Å². The molecule has 2 atom stereocenters. The second-order valence-corrected chi connectivity index (χ2v) is 3.62. The van der Waals surface area contributed by atoms with E-state index in [4.69, 9.17) is 5.11 Å². The number of hydrogen-bond acceptors (Lipinski definition) is 2. The predicted octanol–water partition coefficient (Wildman–Crippen LogP) is 0.840. The highest BCUT2D eigenvalue weighted by atomic mass is 16.3. The van der Waals surface area contributed by atoms with Gasteiger partial charge in [0.2, 0.25) is 5.91 Å². The molecule has 74 valence electrons. The van der Waals surface area contributed by atoms with E-state index < -0.39 is 0 Å². The molecule has 0 saturated carbocycles. The van der Waals surface area contributed by atoms with E-state index in [9.17, 15) is 4.79 Å². The van der Waals surface area contributed by atoms with Crippen molar-refractivity contribution in [3.63, 3.8) is 0 Å². The molecular weight excluding hydrogens is 166 g/mol. The normalized spacial score (nSPS) is 23.1. The molecule has 13 heavy (non-hydrogen) atoms. The van der Waals surface area contributed by atoms with Crippen LogP contribution in [0.1, 0.15) is 26.2 Å². The molecule has 1 aliphatic carbocycles. The molecule has 0 heterocycles. The quantitative estimate of drug-likeness (QED) is 0.634. The van der Waals surface area contributed by atoms with Crippen molar-refractivity contribution in [1.29, 1.82) is 0 Å². The number of aliphatic hydroxyl groups is 1. The molecule has 0 spiro atoms. The first-order valence-electron chi connectivity index (χ1n) is 4.79. The lowest BCUT2D eigenvalue weighted by molar-refractivity contribution is -0.122. The van der Waals surface area contributed by atoms with Gasteiger partial charge in [0.1, 0.15) is 0 Å². The minimum absolute atomic E-state index is 0.00620. The summed E-state index contributed by atoms with van der Waals surface area (Å²) in [5, 5.41) is 11.4. The van der Waals surface area contributed by atoms with Crippen LogP contribution in [-0.4, -0.2) is 23.7 Å². The van der Waals surface area contributed by atoms with E-state index in [2.05, 4.69) is 17.5 Å². The molecule has 0 aromatic rings. The Morgan fingerprint density at radius 3 is 3.08 bits per heavy atom. The van der Waals surface area contributed by atoms with Crippen molar-refractivity contribution in [2.45, 2.75) is 32.2 Å². The second kappa shape index (κ2) is 5.02. The summed E-state index contributed by atoms with van der Waals surface area (Å²) < 4.78 is 0. The van der Waals surface area contributed by atoms with Gasteiger partial charge in [-0.2, -0.15) is 0 Å². The Balaban J connectivity index is 2.20. The maximum atomic E-state index is 11.3. The van der Waals surface area contributed by atoms with Gasteiger partial charge in [0.15, 0.2) is 0 Å². The minimum Gasteiger partial charge on any atom is -0.394 e. The third-order valence-electron chi connectivity index (χ3n) is 2.24. The van der Waals surface area contributed by atoms with Gasteiger partial charge in [0, 0.05) is 12.5 Å². The number of hydrogen-bond donors (Lipinski definition) is 2. The third-order valence-corrected chi connectivity index (χ3v) is 2.24. The van der Waals surface area contributed by atoms with Crippen molar-refractivity contribution >= 4 is 5.91 Å². The van der Waals surface area contributed by atoms with Crippen LogP contribution >= 0.6 is 0 Å². The highest BCUT2D eigenvalue weighted by Crippen LogP contribution is 2.19. The second-order valence-electron chi connectivity index (χ2n) is 3.62. The largest absolute Gasteiger partial charge is 0.394 e. The molecule has 0 aromatic carbocycles. The molecule has 0 radical (unpaired) electrons. The average molecular weight is 183 g/mol. The monoisotopic (exact) mass is 183 g/mol. The van der Waals surface area contributed by atoms with Crippen LogP contribution in [0.25, 0.3) is 0 Å². The van der Waals surface area contributed by atoms with Gasteiger partial charge in [-0.05, 0) is 25.7 Å². The fourth-order valence-electron chi connectivity index (χ4n) is 1.48. The first-order chi connectivity index (χ1) is 6.22. The third kappa shape index (κ3) is 3.59. The van der Waals surface area contributed by atoms with Gasteiger partial charge in [0.25, 0.3) is 0 Å². The molecule has 1 unspecified atom stereocenters. The van der Waals surface area contributed by atoms with E-state index in [0.717, 1.165) is 12.8 Å². The van der Waals surface area contributed by atoms with Gasteiger partial charge in [-0.15, -0.1) is 0 Å². The summed E-state index contributed by atoms with van der Waals surface area (Å²) in [5.74, 6) is 0.448. The zero-order valence-electron chi connectivity index (χ0n) is 7.99. The van der Waals surface area contributed by atoms with Crippen LogP contribution in [0.15, 0.2) is 12.2 Å². The molecule has 0 bridgehead atoms. The van der Waals surface area contributed by atoms with Crippen LogP contribution in [0.5, 0.6) is 0 Å². The van der Waals surface area contributed by atoms with Crippen LogP contribution in [0.4, 0.5) is 0 Å². The van der Waals surface area contributed by atoms with Crippen LogP contribution in [0.3, 0.4) is 0 Å². The smallest absolute Gasteiger partial charge is 0.220 e. The lowest BCUT2D eigenvalue weighted by Gasteiger charge is -2.12. The standard InChI is InChI=1S/C10H17NO2/c1-8(7-12)11-10(13)6-9-4-2-3-5-9/h2,4,8-9,12H,3,5-7H2,1H3,(H,11,13)/t8-,9?/m0/s1. The van der Waals surface area contributed by atoms with Crippen molar-refractivity contribution < 1.29 is 9.90 Å². The fourth-order valence-corrected chi connectivity index (χ4v) is 1.48. The molecule has 3 heteroatoms. The Hall–Kier alpha value is -0.830. The van der Waals surface area contributed by atoms with Crippen molar-refractivity contribution in [3.8, 4) is 0 Å². The Kier molecular flexibility index (Phi) is 3.96. The highest BCUT2D eigenvalue weighted by Gasteiger charge is 2.14. The zero-order chi connectivity index (χ0) is 9.68. The van der Waals surface area contributed by atoms with E-state index in [1.54, 1.807) is 6.92 Å². The first kappa shape index (κ1) is 10.3. The average Bonchev–Trinajstić information content (AvgIpc) is 2.56. The summed E-state index contributed by atoms with van der Waals surface area (Å²) >= 11 is 0. The highest BCUT2D eigenvalue weighted by molar-refractivity contribution is 5.76. The van der Waals surface area contributed by atoms with Gasteiger partial charge in [-0.3, -0.25) is 4.79 Å². The molecule has 2 N–H and O–H groups in total. The van der Waals surface area contributed by atoms with Crippen LogP contribution < -0.4 is 5.32 Å². The number of amides is 1. The lowest BCUT2D eigenvalue weighted by Crippen LogP contribution is -2.35. The number of carbonyl (C=O) groups excluding carboxylic acids is 1. The Morgan fingerprint density at radius 2 is 2.54 bits per heavy atom. The maximum Gasteiger partial charge on any atom is 0.220 e. The molecule has 1 amide bonds. The van der Waals surface area contributed by atoms with Crippen molar-refractivity contribution in [1.82, 2.24) is 5.32 Å². The van der Waals surface area contributed by atoms with E-state index >= 15 is 0 Å². The molecule has 3 nitrogen and oxygen atoms in total. The van der Waals surface area contributed by atoms with Crippen molar-refractivity contribution in [2.24, 2.45) is 5.92 Å². The van der Waals surface area contributed by atoms with Gasteiger partial charge < -0.3 is 10.4 Å². The number of rotatable bonds is 4. The van der Waals surface area contributed by atoms with Gasteiger partial charge in [0.05, 0.1) is 6.61 Å². The van der Waals surface area contributed by atoms with E-state index in [-0.39, 0.29) is 18.6 Å². The number of carbonyl (C=O) groups is 1. The minimum atomic E-state index is -0.127. The Bertz CT molecular complexity index is 201. The number of nitrogens with one attached hydrogen (secondary N) is 1. The Morgan fingerprint density at radius 1 is 1.77 bits per heavy atom. The van der Waals surface area contributed by atoms with Gasteiger partial charge >= 0.3 is 0 Å². The molecule has 0 fully saturated rings. The van der Waals surface area contributed by atoms with Crippen LogP contribution in [-0.2, 0) is 4.79 Å². The van der Waals surface area contributed by atoms with E-state index in [1.807, 2.05) is 0 Å². The SMILES string of the molecule is C[C@@H](CO)NC(=O)CC1C=CCC1. The lowest BCUT2D eigenvalue weighted by atomic mass is 10.0. The molecule has 0 aromatic heterocycles. The van der Waals surface area contributed by atoms with Crippen LogP contribution in [0, 0.1) is 5.92 Å². The molecule has 1 aliphatic rings. The summed E-state index contributed by atoms with van der Waals surface area (Å²) in [7, 11) is 0. The maximum absolute atomic E-state index is 11.3. The molecular formula is C10H17NO2. The number of aliphatic hydroxyl groups excluding tert-OH is 1. The first-order valence-corrected chi connectivity index (χ1v) is 4.79. The van der Waals surface area contributed by atoms with Crippen molar-refractivity contribution in [3.05, 3.63) is 12.2 Å². The summed E-state index contributed by atoms with van der Waals surface area (Å²) in [6, 6.07) is -0.127. The van der Waals surface area contributed by atoms with Gasteiger partial charge in [-0.25, -0.2) is 0 Å². The fraction of sp³-hybridized carbons (Fsp3) is 0.700. The number of allylic oxidation sites excluding steroid dienone is 2. The zero-order valence-corrected chi connectivity index (χ0v) is 7.99. The molecule has 0 saturated heterocycles. The van der Waals surface area contributed by atoms with E-state index in [1.165, 1.54) is 0 Å². The topological polar surface area (TPSA) is 49.3 Å².